The van der Waals surface area contributed by atoms with E-state index in [1.54, 1.807) is 13.8 Å². The first-order valence-corrected chi connectivity index (χ1v) is 9.34. The summed E-state index contributed by atoms with van der Waals surface area (Å²) in [5.74, 6) is -1.79. The second-order valence-electron chi connectivity index (χ2n) is 6.84. The molecule has 3 N–H and O–H groups in total. The number of nitrogens with zero attached hydrogens (tertiary/aromatic N) is 3. The van der Waals surface area contributed by atoms with E-state index >= 15 is 0 Å². The number of nitrogens with one attached hydrogen (secondary N) is 1. The minimum absolute atomic E-state index is 0.0248. The standard InChI is InChI=1S/C19H20ClF2N5O3/c1-9-10(2)30-18(23)27-19(9,8-21)12-4-11(5-13(22)16(12)20)26-17(28)14-6-25-15(29-3)7-24-14/h4-7,9-10H,8H2,1-3H3,(H2,23,27)(H,26,28)/t9-,10+,19-/m1/s1. The van der Waals surface area contributed by atoms with Crippen LogP contribution in [0.5, 0.6) is 5.88 Å². The Hall–Kier alpha value is -3.01. The lowest BCUT2D eigenvalue weighted by atomic mass is 9.77. The van der Waals surface area contributed by atoms with E-state index in [4.69, 9.17) is 26.8 Å². The van der Waals surface area contributed by atoms with Gasteiger partial charge in [0, 0.05) is 17.2 Å². The number of rotatable bonds is 5. The highest BCUT2D eigenvalue weighted by molar-refractivity contribution is 6.31. The molecular weight excluding hydrogens is 420 g/mol. The predicted octanol–water partition coefficient (Wildman–Crippen LogP) is 3.06. The SMILES string of the molecule is COc1cnc(C(=O)Nc2cc(F)c(Cl)c([C@]3(CF)N=C(N)O[C@@H](C)[C@H]3C)c2)cn1. The van der Waals surface area contributed by atoms with Crippen LogP contribution in [0.25, 0.3) is 0 Å². The molecule has 2 aromatic rings. The molecule has 1 aromatic carbocycles. The van der Waals surface area contributed by atoms with E-state index in [1.165, 1.54) is 25.6 Å². The molecule has 0 saturated heterocycles. The highest BCUT2D eigenvalue weighted by Crippen LogP contribution is 2.44. The zero-order valence-corrected chi connectivity index (χ0v) is 17.2. The summed E-state index contributed by atoms with van der Waals surface area (Å²) < 4.78 is 39.2. The Morgan fingerprint density at radius 1 is 1.37 bits per heavy atom. The number of anilines is 1. The summed E-state index contributed by atoms with van der Waals surface area (Å²) in [4.78, 5) is 24.4. The van der Waals surface area contributed by atoms with Crippen molar-refractivity contribution >= 4 is 29.2 Å². The first-order chi connectivity index (χ1) is 14.2. The van der Waals surface area contributed by atoms with Gasteiger partial charge in [-0.3, -0.25) is 4.79 Å². The lowest BCUT2D eigenvalue weighted by molar-refractivity contribution is 0.0510. The first kappa shape index (κ1) is 21.7. The number of benzene rings is 1. The molecule has 1 aliphatic heterocycles. The van der Waals surface area contributed by atoms with Crippen molar-refractivity contribution in [1.29, 1.82) is 0 Å². The number of nitrogens with two attached hydrogens (primary N) is 1. The topological polar surface area (TPSA) is 112 Å². The van der Waals surface area contributed by atoms with Crippen LogP contribution in [0.4, 0.5) is 14.5 Å². The molecular formula is C19H20ClF2N5O3. The van der Waals surface area contributed by atoms with E-state index in [0.717, 1.165) is 6.07 Å². The van der Waals surface area contributed by atoms with Crippen LogP contribution in [0.2, 0.25) is 5.02 Å². The number of alkyl halides is 1. The van der Waals surface area contributed by atoms with Crippen LogP contribution >= 0.6 is 11.6 Å². The normalized spacial score (nSPS) is 23.3. The zero-order chi connectivity index (χ0) is 22.1. The lowest BCUT2D eigenvalue weighted by Gasteiger charge is -2.41. The average Bonchev–Trinajstić information content (AvgIpc) is 2.73. The maximum absolute atomic E-state index is 14.6. The molecule has 0 saturated carbocycles. The van der Waals surface area contributed by atoms with Crippen molar-refractivity contribution < 1.29 is 23.0 Å². The van der Waals surface area contributed by atoms with Crippen molar-refractivity contribution in [1.82, 2.24) is 9.97 Å². The minimum atomic E-state index is -1.57. The lowest BCUT2D eigenvalue weighted by Crippen LogP contribution is -2.48. The van der Waals surface area contributed by atoms with E-state index in [0.29, 0.717) is 0 Å². The van der Waals surface area contributed by atoms with Gasteiger partial charge in [-0.2, -0.15) is 0 Å². The highest BCUT2D eigenvalue weighted by atomic mass is 35.5. The van der Waals surface area contributed by atoms with Crippen LogP contribution in [-0.2, 0) is 10.3 Å². The van der Waals surface area contributed by atoms with Gasteiger partial charge in [0.15, 0.2) is 0 Å². The number of aromatic nitrogens is 2. The van der Waals surface area contributed by atoms with Crippen molar-refractivity contribution in [3.63, 3.8) is 0 Å². The number of amides is 1. The third kappa shape index (κ3) is 3.87. The number of aliphatic imine (C=N–C) groups is 1. The average molecular weight is 440 g/mol. The van der Waals surface area contributed by atoms with Crippen LogP contribution < -0.4 is 15.8 Å². The van der Waals surface area contributed by atoms with Crippen LogP contribution in [0, 0.1) is 11.7 Å². The molecule has 3 atom stereocenters. The van der Waals surface area contributed by atoms with Crippen molar-refractivity contribution in [2.75, 3.05) is 19.1 Å². The molecule has 0 fully saturated rings. The van der Waals surface area contributed by atoms with Crippen LogP contribution in [0.3, 0.4) is 0 Å². The number of halogens is 3. The molecule has 8 nitrogen and oxygen atoms in total. The monoisotopic (exact) mass is 439 g/mol. The first-order valence-electron chi connectivity index (χ1n) is 8.96. The van der Waals surface area contributed by atoms with Crippen LogP contribution in [-0.4, -0.2) is 41.8 Å². The maximum Gasteiger partial charge on any atom is 0.283 e. The number of carbonyl (C=O) groups is 1. The Labute approximate surface area is 176 Å². The third-order valence-electron chi connectivity index (χ3n) is 5.10. The Bertz CT molecular complexity index is 989. The summed E-state index contributed by atoms with van der Waals surface area (Å²) in [6.45, 7) is 2.41. The Morgan fingerprint density at radius 3 is 2.70 bits per heavy atom. The molecule has 0 radical (unpaired) electrons. The molecule has 1 aliphatic rings. The molecule has 0 unspecified atom stereocenters. The van der Waals surface area contributed by atoms with Crippen molar-refractivity contribution in [2.24, 2.45) is 16.6 Å². The molecule has 0 spiro atoms. The molecule has 1 aromatic heterocycles. The summed E-state index contributed by atoms with van der Waals surface area (Å²) in [5, 5.41) is 2.19. The summed E-state index contributed by atoms with van der Waals surface area (Å²) in [7, 11) is 1.41. The quantitative estimate of drug-likeness (QED) is 0.740. The van der Waals surface area contributed by atoms with Gasteiger partial charge in [0.25, 0.3) is 11.9 Å². The van der Waals surface area contributed by atoms with E-state index in [-0.39, 0.29) is 33.9 Å². The number of hydrogen-bond donors (Lipinski definition) is 2. The van der Waals surface area contributed by atoms with Gasteiger partial charge in [0.1, 0.15) is 29.8 Å². The Morgan fingerprint density at radius 2 is 2.10 bits per heavy atom. The van der Waals surface area contributed by atoms with Gasteiger partial charge in [0.2, 0.25) is 5.88 Å². The molecule has 3 rings (SSSR count). The van der Waals surface area contributed by atoms with E-state index < -0.39 is 36.0 Å². The fraction of sp³-hybridized carbons (Fsp3) is 0.368. The van der Waals surface area contributed by atoms with Crippen molar-refractivity contribution in [3.8, 4) is 5.88 Å². The van der Waals surface area contributed by atoms with Crippen molar-refractivity contribution in [3.05, 3.63) is 46.6 Å². The van der Waals surface area contributed by atoms with Gasteiger partial charge in [-0.05, 0) is 19.1 Å². The number of amidine groups is 1. The molecule has 0 aliphatic carbocycles. The summed E-state index contributed by atoms with van der Waals surface area (Å²) in [5.41, 5.74) is 4.21. The second kappa shape index (κ2) is 8.39. The molecule has 30 heavy (non-hydrogen) atoms. The van der Waals surface area contributed by atoms with Gasteiger partial charge >= 0.3 is 0 Å². The minimum Gasteiger partial charge on any atom is -0.480 e. The van der Waals surface area contributed by atoms with E-state index in [9.17, 15) is 13.6 Å². The van der Waals surface area contributed by atoms with Gasteiger partial charge in [-0.25, -0.2) is 23.7 Å². The highest BCUT2D eigenvalue weighted by Gasteiger charge is 2.47. The van der Waals surface area contributed by atoms with Gasteiger partial charge < -0.3 is 20.5 Å². The summed E-state index contributed by atoms with van der Waals surface area (Å²) in [6.07, 6.45) is 1.98. The molecule has 0 bridgehead atoms. The number of carbonyl (C=O) groups excluding carboxylic acids is 1. The van der Waals surface area contributed by atoms with E-state index in [1.807, 2.05) is 0 Å². The molecule has 1 amide bonds. The smallest absolute Gasteiger partial charge is 0.283 e. The predicted molar refractivity (Wildman–Crippen MR) is 107 cm³/mol. The zero-order valence-electron chi connectivity index (χ0n) is 16.4. The molecule has 2 heterocycles. The summed E-state index contributed by atoms with van der Waals surface area (Å²) in [6, 6.07) is 2.16. The fourth-order valence-corrected chi connectivity index (χ4v) is 3.52. The summed E-state index contributed by atoms with van der Waals surface area (Å²) >= 11 is 6.17. The van der Waals surface area contributed by atoms with Crippen LogP contribution in [0.15, 0.2) is 29.5 Å². The number of methoxy groups -OCH3 is 1. The number of ether oxygens (including phenoxy) is 2. The molecule has 160 valence electrons. The van der Waals surface area contributed by atoms with Gasteiger partial charge in [0.05, 0.1) is 24.5 Å². The fourth-order valence-electron chi connectivity index (χ4n) is 3.24. The van der Waals surface area contributed by atoms with Crippen molar-refractivity contribution in [2.45, 2.75) is 25.5 Å². The van der Waals surface area contributed by atoms with E-state index in [2.05, 4.69) is 20.3 Å². The second-order valence-corrected chi connectivity index (χ2v) is 7.22. The van der Waals surface area contributed by atoms with Crippen LogP contribution in [0.1, 0.15) is 29.9 Å². The van der Waals surface area contributed by atoms with Gasteiger partial charge in [-0.15, -0.1) is 0 Å². The Kier molecular flexibility index (Phi) is 6.06. The Balaban J connectivity index is 2.01. The largest absolute Gasteiger partial charge is 0.480 e. The molecule has 11 heteroatoms. The third-order valence-corrected chi connectivity index (χ3v) is 5.48. The maximum atomic E-state index is 14.6. The number of hydrogen-bond acceptors (Lipinski definition) is 7. The van der Waals surface area contributed by atoms with Gasteiger partial charge in [-0.1, -0.05) is 18.5 Å².